The minimum Gasteiger partial charge on any atom is -0.493 e. The highest BCUT2D eigenvalue weighted by Gasteiger charge is 2.18. The molecular formula is C13H17BrO5. The second-order valence-corrected chi connectivity index (χ2v) is 4.59. The summed E-state index contributed by atoms with van der Waals surface area (Å²) in [7, 11) is 4.44. The summed E-state index contributed by atoms with van der Waals surface area (Å²) in [5, 5.41) is 0. The van der Waals surface area contributed by atoms with Crippen molar-refractivity contribution < 1.29 is 23.7 Å². The zero-order valence-electron chi connectivity index (χ0n) is 11.4. The highest BCUT2D eigenvalue weighted by Crippen LogP contribution is 2.36. The van der Waals surface area contributed by atoms with Crippen LogP contribution in [0.4, 0.5) is 0 Å². The van der Waals surface area contributed by atoms with E-state index >= 15 is 0 Å². The molecule has 1 rings (SSSR count). The molecule has 0 fully saturated rings. The van der Waals surface area contributed by atoms with Gasteiger partial charge in [0.05, 0.1) is 27.9 Å². The lowest BCUT2D eigenvalue weighted by molar-refractivity contribution is -0.153. The van der Waals surface area contributed by atoms with Crippen LogP contribution in [-0.2, 0) is 20.9 Å². The smallest absolute Gasteiger partial charge is 0.334 e. The van der Waals surface area contributed by atoms with E-state index in [0.717, 1.165) is 10.0 Å². The SMILES string of the molecule is COC(=O)[C@@H](C)OCc1c(Br)ccc(OC)c1OC. The van der Waals surface area contributed by atoms with E-state index in [4.69, 9.17) is 14.2 Å². The van der Waals surface area contributed by atoms with Crippen molar-refractivity contribution >= 4 is 21.9 Å². The highest BCUT2D eigenvalue weighted by atomic mass is 79.9. The molecule has 1 aromatic rings. The second kappa shape index (κ2) is 7.35. The number of methoxy groups -OCH3 is 3. The Morgan fingerprint density at radius 2 is 1.95 bits per heavy atom. The van der Waals surface area contributed by atoms with Crippen LogP contribution in [0.2, 0.25) is 0 Å². The fourth-order valence-electron chi connectivity index (χ4n) is 1.54. The first-order valence-electron chi connectivity index (χ1n) is 5.63. The van der Waals surface area contributed by atoms with Crippen LogP contribution < -0.4 is 9.47 Å². The van der Waals surface area contributed by atoms with E-state index in [2.05, 4.69) is 20.7 Å². The van der Waals surface area contributed by atoms with Crippen LogP contribution in [0, 0.1) is 0 Å². The standard InChI is InChI=1S/C13H17BrO5/c1-8(13(15)18-4)19-7-9-10(14)5-6-11(16-2)12(9)17-3/h5-6,8H,7H2,1-4H3/t8-/m1/s1. The Labute approximate surface area is 120 Å². The van der Waals surface area contributed by atoms with Gasteiger partial charge in [0.2, 0.25) is 0 Å². The topological polar surface area (TPSA) is 54.0 Å². The van der Waals surface area contributed by atoms with Gasteiger partial charge < -0.3 is 18.9 Å². The zero-order valence-corrected chi connectivity index (χ0v) is 12.9. The normalized spacial score (nSPS) is 11.8. The van der Waals surface area contributed by atoms with Gasteiger partial charge in [0.15, 0.2) is 17.6 Å². The van der Waals surface area contributed by atoms with E-state index in [9.17, 15) is 4.79 Å². The van der Waals surface area contributed by atoms with Crippen molar-refractivity contribution in [3.63, 3.8) is 0 Å². The van der Waals surface area contributed by atoms with Crippen molar-refractivity contribution in [2.75, 3.05) is 21.3 Å². The van der Waals surface area contributed by atoms with Crippen LogP contribution in [0.3, 0.4) is 0 Å². The molecule has 0 bridgehead atoms. The summed E-state index contributed by atoms with van der Waals surface area (Å²) in [6.07, 6.45) is -0.646. The minimum atomic E-state index is -0.646. The van der Waals surface area contributed by atoms with Gasteiger partial charge in [-0.3, -0.25) is 0 Å². The van der Waals surface area contributed by atoms with Gasteiger partial charge in [0.25, 0.3) is 0 Å². The van der Waals surface area contributed by atoms with Crippen molar-refractivity contribution in [1.29, 1.82) is 0 Å². The molecule has 6 heteroatoms. The molecule has 0 N–H and O–H groups in total. The largest absolute Gasteiger partial charge is 0.493 e. The summed E-state index contributed by atoms with van der Waals surface area (Å²) in [5.41, 5.74) is 0.776. The lowest BCUT2D eigenvalue weighted by Gasteiger charge is -2.16. The van der Waals surface area contributed by atoms with Crippen molar-refractivity contribution in [1.82, 2.24) is 0 Å². The van der Waals surface area contributed by atoms with E-state index in [1.165, 1.54) is 7.11 Å². The number of hydrogen-bond acceptors (Lipinski definition) is 5. The average molecular weight is 333 g/mol. The number of carbonyl (C=O) groups is 1. The van der Waals surface area contributed by atoms with Gasteiger partial charge in [-0.25, -0.2) is 4.79 Å². The first-order valence-corrected chi connectivity index (χ1v) is 6.43. The fraction of sp³-hybridized carbons (Fsp3) is 0.462. The molecule has 0 unspecified atom stereocenters. The third-order valence-electron chi connectivity index (χ3n) is 2.60. The number of benzene rings is 1. The molecule has 0 radical (unpaired) electrons. The third kappa shape index (κ3) is 3.84. The summed E-state index contributed by atoms with van der Waals surface area (Å²) in [6.45, 7) is 1.84. The summed E-state index contributed by atoms with van der Waals surface area (Å²) in [4.78, 5) is 11.3. The molecular weight excluding hydrogens is 316 g/mol. The van der Waals surface area contributed by atoms with Crippen molar-refractivity contribution in [3.8, 4) is 11.5 Å². The number of carbonyl (C=O) groups excluding carboxylic acids is 1. The first-order chi connectivity index (χ1) is 9.04. The molecule has 106 valence electrons. The number of rotatable bonds is 6. The third-order valence-corrected chi connectivity index (χ3v) is 3.34. The summed E-state index contributed by atoms with van der Waals surface area (Å²) >= 11 is 3.42. The Morgan fingerprint density at radius 3 is 2.47 bits per heavy atom. The molecule has 1 aromatic carbocycles. The number of hydrogen-bond donors (Lipinski definition) is 0. The number of ether oxygens (including phenoxy) is 4. The molecule has 0 aromatic heterocycles. The maximum atomic E-state index is 11.3. The van der Waals surface area contributed by atoms with Crippen LogP contribution in [-0.4, -0.2) is 33.4 Å². The predicted octanol–water partition coefficient (Wildman–Crippen LogP) is 2.54. The van der Waals surface area contributed by atoms with E-state index in [1.807, 2.05) is 6.07 Å². The molecule has 0 spiro atoms. The van der Waals surface area contributed by atoms with Crippen LogP contribution in [0.15, 0.2) is 16.6 Å². The van der Waals surface area contributed by atoms with Crippen LogP contribution in [0.5, 0.6) is 11.5 Å². The molecule has 0 heterocycles. The molecule has 0 aliphatic carbocycles. The van der Waals surface area contributed by atoms with Gasteiger partial charge >= 0.3 is 5.97 Å². The molecule has 0 saturated heterocycles. The Hall–Kier alpha value is -1.27. The lowest BCUT2D eigenvalue weighted by Crippen LogP contribution is -2.22. The van der Waals surface area contributed by atoms with Gasteiger partial charge in [0.1, 0.15) is 0 Å². The van der Waals surface area contributed by atoms with Crippen molar-refractivity contribution in [3.05, 3.63) is 22.2 Å². The van der Waals surface area contributed by atoms with E-state index in [1.54, 1.807) is 27.2 Å². The number of halogens is 1. The Kier molecular flexibility index (Phi) is 6.11. The lowest BCUT2D eigenvalue weighted by atomic mass is 10.2. The van der Waals surface area contributed by atoms with Gasteiger partial charge in [-0.05, 0) is 19.1 Å². The summed E-state index contributed by atoms with van der Waals surface area (Å²) in [6, 6.07) is 3.62. The minimum absolute atomic E-state index is 0.206. The monoisotopic (exact) mass is 332 g/mol. The molecule has 0 aliphatic heterocycles. The second-order valence-electron chi connectivity index (χ2n) is 3.74. The summed E-state index contributed by atoms with van der Waals surface area (Å²) in [5.74, 6) is 0.766. The molecule has 0 aliphatic rings. The molecule has 0 amide bonds. The highest BCUT2D eigenvalue weighted by molar-refractivity contribution is 9.10. The Balaban J connectivity index is 2.91. The number of esters is 1. The maximum absolute atomic E-state index is 11.3. The Bertz CT molecular complexity index is 447. The van der Waals surface area contributed by atoms with Gasteiger partial charge in [0, 0.05) is 10.0 Å². The molecule has 0 saturated carbocycles. The van der Waals surface area contributed by atoms with E-state index < -0.39 is 12.1 Å². The van der Waals surface area contributed by atoms with Crippen molar-refractivity contribution in [2.45, 2.75) is 19.6 Å². The molecule has 5 nitrogen and oxygen atoms in total. The zero-order chi connectivity index (χ0) is 14.4. The van der Waals surface area contributed by atoms with Crippen molar-refractivity contribution in [2.24, 2.45) is 0 Å². The first kappa shape index (κ1) is 15.8. The Morgan fingerprint density at radius 1 is 1.26 bits per heavy atom. The van der Waals surface area contributed by atoms with Crippen LogP contribution in [0.1, 0.15) is 12.5 Å². The van der Waals surface area contributed by atoms with Crippen LogP contribution in [0.25, 0.3) is 0 Å². The fourth-order valence-corrected chi connectivity index (χ4v) is 1.97. The van der Waals surface area contributed by atoms with Gasteiger partial charge in [-0.2, -0.15) is 0 Å². The van der Waals surface area contributed by atoms with Crippen LogP contribution >= 0.6 is 15.9 Å². The van der Waals surface area contributed by atoms with Gasteiger partial charge in [-0.1, -0.05) is 15.9 Å². The van der Waals surface area contributed by atoms with E-state index in [0.29, 0.717) is 11.5 Å². The average Bonchev–Trinajstić information content (AvgIpc) is 2.44. The predicted molar refractivity (Wildman–Crippen MR) is 73.5 cm³/mol. The molecule has 19 heavy (non-hydrogen) atoms. The van der Waals surface area contributed by atoms with E-state index in [-0.39, 0.29) is 6.61 Å². The maximum Gasteiger partial charge on any atom is 0.334 e. The van der Waals surface area contributed by atoms with Gasteiger partial charge in [-0.15, -0.1) is 0 Å². The molecule has 1 atom stereocenters. The quantitative estimate of drug-likeness (QED) is 0.749. The summed E-state index contributed by atoms with van der Waals surface area (Å²) < 4.78 is 21.4.